The standard InChI is InChI=1S/C22H25N3O3S/c1-4-13-28-22(27)16-9-11-17(12-10-16)23-20(26)14-25(3)15(2)21-24-18-7-5-6-8-19(18)29-21/h5-12,15H,4,13-14H2,1-3H3,(H,23,26)/t15-/m1/s1. The Kier molecular flexibility index (Phi) is 6.95. The van der Waals surface area contributed by atoms with Gasteiger partial charge in [0, 0.05) is 5.69 Å². The van der Waals surface area contributed by atoms with Crippen LogP contribution in [0.3, 0.4) is 0 Å². The summed E-state index contributed by atoms with van der Waals surface area (Å²) in [5, 5.41) is 3.85. The summed E-state index contributed by atoms with van der Waals surface area (Å²) in [7, 11) is 1.91. The zero-order chi connectivity index (χ0) is 20.8. The molecule has 0 aliphatic carbocycles. The number of hydrogen-bond donors (Lipinski definition) is 1. The molecule has 0 unspecified atom stereocenters. The first-order valence-corrected chi connectivity index (χ1v) is 10.4. The van der Waals surface area contributed by atoms with Crippen LogP contribution in [0.4, 0.5) is 5.69 Å². The lowest BCUT2D eigenvalue weighted by Gasteiger charge is -2.22. The Morgan fingerprint density at radius 3 is 2.59 bits per heavy atom. The first kappa shape index (κ1) is 21.0. The number of likely N-dealkylation sites (N-methyl/N-ethyl adjacent to an activating group) is 1. The molecule has 2 aromatic carbocycles. The van der Waals surface area contributed by atoms with Crippen LogP contribution in [0.2, 0.25) is 0 Å². The fraction of sp³-hybridized carbons (Fsp3) is 0.318. The van der Waals surface area contributed by atoms with E-state index in [4.69, 9.17) is 4.74 Å². The minimum Gasteiger partial charge on any atom is -0.462 e. The summed E-state index contributed by atoms with van der Waals surface area (Å²) in [6, 6.07) is 14.8. The maximum Gasteiger partial charge on any atom is 0.338 e. The molecule has 0 radical (unpaired) electrons. The van der Waals surface area contributed by atoms with Gasteiger partial charge in [-0.25, -0.2) is 9.78 Å². The number of nitrogens with zero attached hydrogens (tertiary/aromatic N) is 2. The van der Waals surface area contributed by atoms with Crippen molar-refractivity contribution in [2.45, 2.75) is 26.3 Å². The quantitative estimate of drug-likeness (QED) is 0.553. The number of nitrogens with one attached hydrogen (secondary N) is 1. The van der Waals surface area contributed by atoms with Crippen molar-refractivity contribution in [1.29, 1.82) is 0 Å². The Labute approximate surface area is 174 Å². The molecule has 29 heavy (non-hydrogen) atoms. The summed E-state index contributed by atoms with van der Waals surface area (Å²) in [4.78, 5) is 30.9. The van der Waals surface area contributed by atoms with Crippen molar-refractivity contribution in [1.82, 2.24) is 9.88 Å². The fourth-order valence-electron chi connectivity index (χ4n) is 2.79. The summed E-state index contributed by atoms with van der Waals surface area (Å²) in [6.07, 6.45) is 0.781. The molecule has 0 saturated heterocycles. The van der Waals surface area contributed by atoms with Crippen molar-refractivity contribution >= 4 is 39.1 Å². The number of carbonyl (C=O) groups is 2. The first-order chi connectivity index (χ1) is 14.0. The second kappa shape index (κ2) is 9.62. The van der Waals surface area contributed by atoms with Crippen LogP contribution in [0.25, 0.3) is 10.2 Å². The normalized spacial score (nSPS) is 12.1. The number of amides is 1. The van der Waals surface area contributed by atoms with E-state index in [1.165, 1.54) is 0 Å². The number of rotatable bonds is 8. The molecule has 6 nitrogen and oxygen atoms in total. The zero-order valence-electron chi connectivity index (χ0n) is 16.8. The van der Waals surface area contributed by atoms with Gasteiger partial charge in [-0.15, -0.1) is 11.3 Å². The highest BCUT2D eigenvalue weighted by atomic mass is 32.1. The highest BCUT2D eigenvalue weighted by Gasteiger charge is 2.18. The van der Waals surface area contributed by atoms with Gasteiger partial charge in [-0.2, -0.15) is 0 Å². The number of esters is 1. The van der Waals surface area contributed by atoms with Crippen molar-refractivity contribution in [3.05, 3.63) is 59.1 Å². The first-order valence-electron chi connectivity index (χ1n) is 9.60. The number of ether oxygens (including phenoxy) is 1. The van der Waals surface area contributed by atoms with Gasteiger partial charge in [0.25, 0.3) is 0 Å². The molecule has 3 rings (SSSR count). The van der Waals surface area contributed by atoms with Crippen molar-refractivity contribution < 1.29 is 14.3 Å². The summed E-state index contributed by atoms with van der Waals surface area (Å²) >= 11 is 1.65. The number of benzene rings is 2. The highest BCUT2D eigenvalue weighted by Crippen LogP contribution is 2.28. The monoisotopic (exact) mass is 411 g/mol. The third kappa shape index (κ3) is 5.40. The van der Waals surface area contributed by atoms with E-state index in [0.29, 0.717) is 17.9 Å². The highest BCUT2D eigenvalue weighted by molar-refractivity contribution is 7.18. The second-order valence-electron chi connectivity index (χ2n) is 6.87. The Morgan fingerprint density at radius 1 is 1.17 bits per heavy atom. The number of carbonyl (C=O) groups excluding carboxylic acids is 2. The second-order valence-corrected chi connectivity index (χ2v) is 7.93. The topological polar surface area (TPSA) is 71.5 Å². The minimum absolute atomic E-state index is 0.0221. The molecule has 7 heteroatoms. The van der Waals surface area contributed by atoms with Crippen molar-refractivity contribution in [2.24, 2.45) is 0 Å². The molecule has 0 fully saturated rings. The van der Waals surface area contributed by atoms with Gasteiger partial charge < -0.3 is 10.1 Å². The molecule has 0 aliphatic heterocycles. The van der Waals surface area contributed by atoms with Crippen molar-refractivity contribution in [3.8, 4) is 0 Å². The largest absolute Gasteiger partial charge is 0.462 e. The smallest absolute Gasteiger partial charge is 0.338 e. The van der Waals surface area contributed by atoms with Gasteiger partial charge in [-0.1, -0.05) is 19.1 Å². The van der Waals surface area contributed by atoms with Gasteiger partial charge >= 0.3 is 5.97 Å². The van der Waals surface area contributed by atoms with Crippen LogP contribution in [0, 0.1) is 0 Å². The summed E-state index contributed by atoms with van der Waals surface area (Å²) in [6.45, 7) is 4.62. The predicted octanol–water partition coefficient (Wildman–Crippen LogP) is 4.49. The maximum atomic E-state index is 12.4. The Balaban J connectivity index is 1.56. The lowest BCUT2D eigenvalue weighted by atomic mass is 10.2. The van der Waals surface area contributed by atoms with Crippen LogP contribution in [0.15, 0.2) is 48.5 Å². The molecule has 1 heterocycles. The Bertz CT molecular complexity index is 951. The number of anilines is 1. The predicted molar refractivity (Wildman–Crippen MR) is 116 cm³/mol. The van der Waals surface area contributed by atoms with E-state index in [9.17, 15) is 9.59 Å². The number of aromatic nitrogens is 1. The van der Waals surface area contributed by atoms with Gasteiger partial charge in [-0.3, -0.25) is 9.69 Å². The molecule has 1 amide bonds. The number of hydrogen-bond acceptors (Lipinski definition) is 6. The molecule has 152 valence electrons. The van der Waals surface area contributed by atoms with E-state index >= 15 is 0 Å². The van der Waals surface area contributed by atoms with Crippen LogP contribution in [-0.2, 0) is 9.53 Å². The molecule has 0 aliphatic rings. The molecule has 0 saturated carbocycles. The van der Waals surface area contributed by atoms with Crippen LogP contribution >= 0.6 is 11.3 Å². The molecule has 0 spiro atoms. The van der Waals surface area contributed by atoms with E-state index < -0.39 is 0 Å². The SMILES string of the molecule is CCCOC(=O)c1ccc(NC(=O)CN(C)[C@H](C)c2nc3ccccc3s2)cc1. The summed E-state index contributed by atoms with van der Waals surface area (Å²) < 4.78 is 6.25. The molecule has 1 atom stereocenters. The van der Waals surface area contributed by atoms with E-state index in [-0.39, 0.29) is 24.5 Å². The van der Waals surface area contributed by atoms with Crippen LogP contribution < -0.4 is 5.32 Å². The van der Waals surface area contributed by atoms with Gasteiger partial charge in [-0.05, 0) is 56.8 Å². The van der Waals surface area contributed by atoms with E-state index in [2.05, 4.69) is 16.4 Å². The zero-order valence-corrected chi connectivity index (χ0v) is 17.7. The number of fused-ring (bicyclic) bond motifs is 1. The van der Waals surface area contributed by atoms with Gasteiger partial charge in [0.2, 0.25) is 5.91 Å². The average molecular weight is 412 g/mol. The van der Waals surface area contributed by atoms with E-state index in [1.807, 2.05) is 44.0 Å². The number of thiazole rings is 1. The Hall–Kier alpha value is -2.77. The van der Waals surface area contributed by atoms with Gasteiger partial charge in [0.05, 0.1) is 35.0 Å². The molecular weight excluding hydrogens is 386 g/mol. The molecule has 1 N–H and O–H groups in total. The molecular formula is C22H25N3O3S. The third-order valence-corrected chi connectivity index (χ3v) is 5.77. The number of para-hydroxylation sites is 1. The molecule has 3 aromatic rings. The van der Waals surface area contributed by atoms with Crippen molar-refractivity contribution in [3.63, 3.8) is 0 Å². The van der Waals surface area contributed by atoms with Gasteiger partial charge in [0.15, 0.2) is 0 Å². The average Bonchev–Trinajstić information content (AvgIpc) is 3.16. The maximum absolute atomic E-state index is 12.4. The summed E-state index contributed by atoms with van der Waals surface area (Å²) in [5.41, 5.74) is 2.09. The minimum atomic E-state index is -0.353. The van der Waals surface area contributed by atoms with E-state index in [0.717, 1.165) is 21.6 Å². The molecule has 1 aromatic heterocycles. The van der Waals surface area contributed by atoms with E-state index in [1.54, 1.807) is 35.6 Å². The van der Waals surface area contributed by atoms with Crippen LogP contribution in [-0.4, -0.2) is 42.0 Å². The lowest BCUT2D eigenvalue weighted by Crippen LogP contribution is -2.32. The van der Waals surface area contributed by atoms with Crippen molar-refractivity contribution in [2.75, 3.05) is 25.5 Å². The molecule has 0 bridgehead atoms. The lowest BCUT2D eigenvalue weighted by molar-refractivity contribution is -0.117. The fourth-order valence-corrected chi connectivity index (χ4v) is 3.87. The van der Waals surface area contributed by atoms with Crippen LogP contribution in [0.5, 0.6) is 0 Å². The van der Waals surface area contributed by atoms with Gasteiger partial charge in [0.1, 0.15) is 5.01 Å². The van der Waals surface area contributed by atoms with Crippen LogP contribution in [0.1, 0.15) is 41.7 Å². The Morgan fingerprint density at radius 2 is 1.90 bits per heavy atom. The summed E-state index contributed by atoms with van der Waals surface area (Å²) in [5.74, 6) is -0.476. The third-order valence-electron chi connectivity index (χ3n) is 4.56.